The molecule has 0 aliphatic rings. The van der Waals surface area contributed by atoms with Crippen LogP contribution in [-0.4, -0.2) is 96.7 Å². The van der Waals surface area contributed by atoms with E-state index >= 15 is 0 Å². The van der Waals surface area contributed by atoms with Crippen LogP contribution in [-0.2, 0) is 65.4 Å². The summed E-state index contributed by atoms with van der Waals surface area (Å²) in [7, 11) is -9.97. The smallest absolute Gasteiger partial charge is 0.462 e. The topological polar surface area (TPSA) is 237 Å². The van der Waals surface area contributed by atoms with E-state index in [0.717, 1.165) is 161 Å². The summed E-state index contributed by atoms with van der Waals surface area (Å²) in [4.78, 5) is 72.8. The molecule has 0 rings (SSSR count). The number of carbonyl (C=O) groups excluding carboxylic acids is 4. The molecule has 0 heterocycles. The summed E-state index contributed by atoms with van der Waals surface area (Å²) in [6.45, 7) is 4.48. The lowest BCUT2D eigenvalue weighted by Crippen LogP contribution is -2.30. The minimum Gasteiger partial charge on any atom is -0.462 e. The molecule has 0 amide bonds. The third kappa shape index (κ3) is 71.6. The number of phosphoric ester groups is 2. The number of allylic oxidation sites excluding steroid dienone is 22. The molecule has 0 fully saturated rings. The molecular formula is C81H136O17P2. The number of carbonyl (C=O) groups is 4. The van der Waals surface area contributed by atoms with Crippen molar-refractivity contribution in [2.45, 2.75) is 316 Å². The van der Waals surface area contributed by atoms with Crippen LogP contribution in [0.25, 0.3) is 0 Å². The number of hydrogen-bond donors (Lipinski definition) is 3. The fourth-order valence-electron chi connectivity index (χ4n) is 9.81. The Hall–Kier alpha value is -4.80. The Morgan fingerprint density at radius 2 is 0.550 bits per heavy atom. The van der Waals surface area contributed by atoms with Crippen molar-refractivity contribution in [3.8, 4) is 0 Å². The van der Waals surface area contributed by atoms with Gasteiger partial charge in [0.15, 0.2) is 12.2 Å². The van der Waals surface area contributed by atoms with Crippen molar-refractivity contribution in [3.05, 3.63) is 134 Å². The zero-order chi connectivity index (χ0) is 73.2. The van der Waals surface area contributed by atoms with Crippen molar-refractivity contribution in [2.75, 3.05) is 39.6 Å². The molecule has 0 aromatic heterocycles. The predicted octanol–water partition coefficient (Wildman–Crippen LogP) is 22.1. The van der Waals surface area contributed by atoms with Crippen molar-refractivity contribution in [1.29, 1.82) is 0 Å². The van der Waals surface area contributed by atoms with Gasteiger partial charge in [-0.1, -0.05) is 283 Å². The highest BCUT2D eigenvalue weighted by molar-refractivity contribution is 7.47. The summed E-state index contributed by atoms with van der Waals surface area (Å²) < 4.78 is 68.3. The minimum absolute atomic E-state index is 0.0324. The summed E-state index contributed by atoms with van der Waals surface area (Å²) in [6, 6.07) is 0. The number of hydrogen-bond acceptors (Lipinski definition) is 15. The lowest BCUT2D eigenvalue weighted by molar-refractivity contribution is -0.161. The maximum atomic E-state index is 13.1. The van der Waals surface area contributed by atoms with Gasteiger partial charge in [-0.2, -0.15) is 0 Å². The van der Waals surface area contributed by atoms with Crippen LogP contribution in [0.2, 0.25) is 0 Å². The van der Waals surface area contributed by atoms with Crippen LogP contribution in [0.5, 0.6) is 0 Å². The molecular weight excluding hydrogens is 1310 g/mol. The standard InChI is InChI=1S/C81H136O17P2/c1-5-9-13-17-21-25-29-31-33-35-37-39-41-43-47-49-53-57-61-65-78(83)91-71-76(97-80(85)67-63-59-55-51-45-27-23-19-15-11-7-3)73-95-99(87,88)93-69-75(82)70-94-100(89,90)96-74-77(98-81(86)68-64-60-56-52-46-28-24-20-16-12-8-4)72-92-79(84)66-62-58-54-50-48-44-42-40-38-36-34-32-30-26-22-18-14-10-6-2/h9-10,13-14,19,21-23,25-26,31-34,37-40,43,47,53,57,75-77,82H,5-8,11-12,15-18,20,24,27-30,35-36,41-42,44-46,48-52,54-56,58-74H2,1-4H3,(H,87,88)(H,89,90)/b13-9-,14-10-,23-19-,25-21-,26-22-,33-31-,34-32-,39-37-,40-38-,47-43-,57-53-. The Balaban J connectivity index is 5.34. The number of rotatable bonds is 71. The summed E-state index contributed by atoms with van der Waals surface area (Å²) in [5.74, 6) is -2.30. The molecule has 0 aromatic rings. The van der Waals surface area contributed by atoms with Gasteiger partial charge in [-0.25, -0.2) is 9.13 Å². The number of ether oxygens (including phenoxy) is 4. The summed E-state index contributed by atoms with van der Waals surface area (Å²) in [5, 5.41) is 10.6. The van der Waals surface area contributed by atoms with Crippen LogP contribution in [0, 0.1) is 0 Å². The maximum Gasteiger partial charge on any atom is 0.472 e. The summed E-state index contributed by atoms with van der Waals surface area (Å²) >= 11 is 0. The van der Waals surface area contributed by atoms with Gasteiger partial charge in [0.2, 0.25) is 0 Å². The number of aliphatic hydroxyl groups is 1. The maximum absolute atomic E-state index is 13.1. The van der Waals surface area contributed by atoms with Gasteiger partial charge in [-0.05, 0) is 122 Å². The van der Waals surface area contributed by atoms with Gasteiger partial charge in [-0.15, -0.1) is 0 Å². The largest absolute Gasteiger partial charge is 0.472 e. The van der Waals surface area contributed by atoms with Crippen LogP contribution < -0.4 is 0 Å². The molecule has 0 saturated heterocycles. The highest BCUT2D eigenvalue weighted by Crippen LogP contribution is 2.45. The average molecular weight is 1440 g/mol. The Kier molecular flexibility index (Phi) is 69.1. The van der Waals surface area contributed by atoms with E-state index in [1.54, 1.807) is 0 Å². The van der Waals surface area contributed by atoms with E-state index in [0.29, 0.717) is 32.1 Å². The van der Waals surface area contributed by atoms with Crippen LogP contribution in [0.4, 0.5) is 0 Å². The molecule has 0 radical (unpaired) electrons. The number of phosphoric acid groups is 2. The first-order chi connectivity index (χ1) is 48.7. The Bertz CT molecular complexity index is 2420. The van der Waals surface area contributed by atoms with Gasteiger partial charge in [0.1, 0.15) is 19.3 Å². The number of unbranched alkanes of at least 4 members (excludes halogenated alkanes) is 23. The van der Waals surface area contributed by atoms with Gasteiger partial charge in [0.05, 0.1) is 26.4 Å². The van der Waals surface area contributed by atoms with Gasteiger partial charge >= 0.3 is 39.5 Å². The molecule has 0 bridgehead atoms. The lowest BCUT2D eigenvalue weighted by Gasteiger charge is -2.21. The van der Waals surface area contributed by atoms with E-state index in [1.807, 2.05) is 18.2 Å². The fourth-order valence-corrected chi connectivity index (χ4v) is 11.4. The first kappa shape index (κ1) is 95.2. The Morgan fingerprint density at radius 1 is 0.290 bits per heavy atom. The average Bonchev–Trinajstić information content (AvgIpc) is 0.953. The Morgan fingerprint density at radius 3 is 0.900 bits per heavy atom. The van der Waals surface area contributed by atoms with Gasteiger partial charge in [-0.3, -0.25) is 37.3 Å². The van der Waals surface area contributed by atoms with E-state index in [4.69, 9.17) is 37.0 Å². The van der Waals surface area contributed by atoms with Crippen molar-refractivity contribution in [2.24, 2.45) is 0 Å². The van der Waals surface area contributed by atoms with Crippen molar-refractivity contribution >= 4 is 39.5 Å². The zero-order valence-corrected chi connectivity index (χ0v) is 64.1. The quantitative estimate of drug-likeness (QED) is 0.0169. The zero-order valence-electron chi connectivity index (χ0n) is 62.3. The predicted molar refractivity (Wildman–Crippen MR) is 408 cm³/mol. The SMILES string of the molecule is CC/C=C\C/C=C\C/C=C\C/C=C\C/C=C\C/C=C\CCC(=O)OCC(COP(=O)(O)OCC(O)COP(=O)(O)OCC(COC(=O)CCCCCCCC/C=C\C/C=C\C/C=C\C/C=C\CC)OC(=O)CCCCCCCCCCCCC)OC(=O)CCCCCCC/C=C\CCCC. The molecule has 0 spiro atoms. The van der Waals surface area contributed by atoms with Gasteiger partial charge < -0.3 is 33.8 Å². The van der Waals surface area contributed by atoms with Crippen molar-refractivity contribution in [1.82, 2.24) is 0 Å². The third-order valence-corrected chi connectivity index (χ3v) is 17.5. The third-order valence-electron chi connectivity index (χ3n) is 15.6. The normalized spacial score (nSPS) is 14.7. The molecule has 3 N–H and O–H groups in total. The first-order valence-electron chi connectivity index (χ1n) is 38.4. The first-order valence-corrected chi connectivity index (χ1v) is 41.4. The molecule has 0 aliphatic heterocycles. The van der Waals surface area contributed by atoms with E-state index in [9.17, 15) is 43.2 Å². The summed E-state index contributed by atoms with van der Waals surface area (Å²) in [5.41, 5.74) is 0. The van der Waals surface area contributed by atoms with Gasteiger partial charge in [0.25, 0.3) is 0 Å². The fraction of sp³-hybridized carbons (Fsp3) is 0.679. The van der Waals surface area contributed by atoms with E-state index < -0.39 is 97.5 Å². The summed E-state index contributed by atoms with van der Waals surface area (Å²) in [6.07, 6.45) is 80.4. The van der Waals surface area contributed by atoms with E-state index in [1.165, 1.54) is 51.4 Å². The minimum atomic E-state index is -4.99. The number of esters is 4. The highest BCUT2D eigenvalue weighted by atomic mass is 31.2. The van der Waals surface area contributed by atoms with Crippen LogP contribution in [0.15, 0.2) is 134 Å². The molecule has 0 aromatic carbocycles. The second-order valence-electron chi connectivity index (χ2n) is 25.2. The van der Waals surface area contributed by atoms with Crippen LogP contribution in [0.1, 0.15) is 297 Å². The molecule has 572 valence electrons. The molecule has 0 aliphatic carbocycles. The monoisotopic (exact) mass is 1440 g/mol. The highest BCUT2D eigenvalue weighted by Gasteiger charge is 2.30. The van der Waals surface area contributed by atoms with Crippen LogP contribution >= 0.6 is 15.6 Å². The van der Waals surface area contributed by atoms with Crippen LogP contribution in [0.3, 0.4) is 0 Å². The van der Waals surface area contributed by atoms with Gasteiger partial charge in [0, 0.05) is 25.7 Å². The van der Waals surface area contributed by atoms with E-state index in [-0.39, 0.29) is 25.7 Å². The molecule has 17 nitrogen and oxygen atoms in total. The molecule has 5 unspecified atom stereocenters. The van der Waals surface area contributed by atoms with Crippen molar-refractivity contribution < 1.29 is 80.2 Å². The molecule has 0 saturated carbocycles. The lowest BCUT2D eigenvalue weighted by atomic mass is 10.1. The Labute approximate surface area is 605 Å². The molecule has 100 heavy (non-hydrogen) atoms. The molecule has 5 atom stereocenters. The number of aliphatic hydroxyl groups excluding tert-OH is 1. The molecule has 19 heteroatoms. The second kappa shape index (κ2) is 72.5. The second-order valence-corrected chi connectivity index (χ2v) is 28.1. The van der Waals surface area contributed by atoms with E-state index in [2.05, 4.69) is 143 Å². The van der Waals surface area contributed by atoms with Crippen molar-refractivity contribution in [3.63, 3.8) is 0 Å².